The molecule has 3 rings (SSSR count). The molecule has 0 aromatic rings. The minimum Gasteiger partial charge on any atom is -0.429 e. The summed E-state index contributed by atoms with van der Waals surface area (Å²) in [6.07, 6.45) is -7.55. The summed E-state index contributed by atoms with van der Waals surface area (Å²) in [6.45, 7) is 4.59. The highest BCUT2D eigenvalue weighted by Gasteiger charge is 2.48. The molecule has 3 aliphatic rings. The first-order chi connectivity index (χ1) is 26.9. The number of carbonyl (C=O) groups is 2. The minimum atomic E-state index is -1.83. The molecule has 3 aliphatic heterocycles. The third kappa shape index (κ3) is 13.3. The highest BCUT2D eigenvalue weighted by atomic mass is 16.7. The fraction of sp³-hybridized carbons (Fsp3) is 0.579. The van der Waals surface area contributed by atoms with Gasteiger partial charge in [0.15, 0.2) is 6.29 Å². The van der Waals surface area contributed by atoms with Gasteiger partial charge in [-0.1, -0.05) is 71.9 Å². The Bertz CT molecular complexity index is 1550. The molecule has 3 fully saturated rings. The van der Waals surface area contributed by atoms with Gasteiger partial charge in [0.25, 0.3) is 0 Å². The fourth-order valence-corrected chi connectivity index (χ4v) is 5.46. The molecule has 3 saturated heterocycles. The van der Waals surface area contributed by atoms with E-state index in [-0.39, 0.29) is 11.1 Å². The van der Waals surface area contributed by atoms with Crippen molar-refractivity contribution in [1.29, 1.82) is 0 Å². The maximum Gasteiger partial charge on any atom is 0.336 e. The Morgan fingerprint density at radius 2 is 0.825 bits per heavy atom. The normalized spacial score (nSPS) is 37.6. The van der Waals surface area contributed by atoms with Crippen molar-refractivity contribution in [2.24, 2.45) is 0 Å². The summed E-state index contributed by atoms with van der Waals surface area (Å²) in [5.74, 6) is -1.75. The Hall–Kier alpha value is -3.48. The lowest BCUT2D eigenvalue weighted by Crippen LogP contribution is -2.61. The number of rotatable bonds is 15. The van der Waals surface area contributed by atoms with Crippen molar-refractivity contribution in [3.63, 3.8) is 0 Å². The Balaban J connectivity index is 1.48. The van der Waals surface area contributed by atoms with Crippen LogP contribution in [0.25, 0.3) is 0 Å². The van der Waals surface area contributed by atoms with Crippen LogP contribution in [-0.4, -0.2) is 180 Å². The van der Waals surface area contributed by atoms with Crippen molar-refractivity contribution in [3.05, 3.63) is 83.1 Å². The average molecular weight is 815 g/mol. The third-order valence-corrected chi connectivity index (χ3v) is 9.12. The van der Waals surface area contributed by atoms with Crippen LogP contribution in [0, 0.1) is 0 Å². The summed E-state index contributed by atoms with van der Waals surface area (Å²) in [6, 6.07) is 0. The van der Waals surface area contributed by atoms with Crippen molar-refractivity contribution in [2.45, 2.75) is 120 Å². The second-order valence-corrected chi connectivity index (χ2v) is 13.7. The quantitative estimate of drug-likeness (QED) is 0.0445. The Labute approximate surface area is 328 Å². The fourth-order valence-electron chi connectivity index (χ4n) is 5.46. The van der Waals surface area contributed by atoms with Crippen LogP contribution < -0.4 is 0 Å². The van der Waals surface area contributed by atoms with Crippen LogP contribution in [0.1, 0.15) is 27.7 Å². The topological polar surface area (TPSA) is 312 Å². The Morgan fingerprint density at radius 3 is 1.23 bits per heavy atom. The summed E-state index contributed by atoms with van der Waals surface area (Å²) >= 11 is 0. The van der Waals surface area contributed by atoms with E-state index in [9.17, 15) is 65.8 Å². The Kier molecular flexibility index (Phi) is 19.0. The number of hydrogen-bond acceptors (Lipinski definition) is 19. The van der Waals surface area contributed by atoms with Crippen molar-refractivity contribution in [1.82, 2.24) is 0 Å². The minimum absolute atomic E-state index is 0.0944. The molecule has 19 heteroatoms. The average Bonchev–Trinajstić information content (AvgIpc) is 3.18. The van der Waals surface area contributed by atoms with Crippen LogP contribution in [0.15, 0.2) is 83.1 Å². The van der Waals surface area contributed by atoms with E-state index < -0.39 is 124 Å². The summed E-state index contributed by atoms with van der Waals surface area (Å²) in [5.41, 5.74) is 1.86. The lowest BCUT2D eigenvalue weighted by Gasteiger charge is -2.42. The van der Waals surface area contributed by atoms with E-state index in [1.807, 2.05) is 6.92 Å². The molecule has 15 atom stereocenters. The van der Waals surface area contributed by atoms with Crippen LogP contribution in [0.2, 0.25) is 0 Å². The van der Waals surface area contributed by atoms with E-state index in [1.165, 1.54) is 26.0 Å². The molecule has 11 N–H and O–H groups in total. The number of hydrogen-bond donors (Lipinski definition) is 11. The van der Waals surface area contributed by atoms with Gasteiger partial charge in [0.2, 0.25) is 12.6 Å². The molecule has 0 saturated carbocycles. The summed E-state index contributed by atoms with van der Waals surface area (Å²) in [7, 11) is 0. The molecule has 0 amide bonds. The van der Waals surface area contributed by atoms with Gasteiger partial charge in [0.1, 0.15) is 73.2 Å². The van der Waals surface area contributed by atoms with Gasteiger partial charge in [-0.05, 0) is 27.7 Å². The van der Waals surface area contributed by atoms with Gasteiger partial charge in [0.05, 0.1) is 19.8 Å². The number of ether oxygens (including phenoxy) is 6. The molecular formula is C38H54O19. The first-order valence-electron chi connectivity index (χ1n) is 18.0. The third-order valence-electron chi connectivity index (χ3n) is 9.12. The molecule has 0 aromatic heterocycles. The predicted molar refractivity (Wildman–Crippen MR) is 195 cm³/mol. The number of allylic oxidation sites excluding steroid dienone is 12. The molecule has 0 aromatic carbocycles. The standard InChI is InChI=1S/C38H54O19/c1-18(11-7-13-20(3)34(50)56-37-32(48)29(45)26(42)23(16-40)54-37)9-5-6-10-19(2)12-8-14-21(4)35(51)57-38-33(49)30(46)27(43)24(55-38)17-52-36-31(47)28(44)25(41)22(15-39)53-36/h5-14,22-33,36-49H,15-17H2,1-4H3/b6-5+,11-7+,12-8+,18-9+,19-10+,20-13+,21-14+/t22-,23-,24-,25-,26-,27?,28+,29+,30+,31-,32-,33?,36-,37+,38+/m1/s1. The molecule has 0 spiro atoms. The number of aliphatic hydroxyl groups excluding tert-OH is 11. The van der Waals surface area contributed by atoms with Gasteiger partial charge in [-0.15, -0.1) is 0 Å². The van der Waals surface area contributed by atoms with Gasteiger partial charge in [-0.3, -0.25) is 0 Å². The highest BCUT2D eigenvalue weighted by Crippen LogP contribution is 2.27. The van der Waals surface area contributed by atoms with Gasteiger partial charge in [0, 0.05) is 11.1 Å². The van der Waals surface area contributed by atoms with E-state index in [1.54, 1.807) is 55.5 Å². The number of aliphatic hydroxyl groups is 11. The second-order valence-electron chi connectivity index (χ2n) is 13.7. The van der Waals surface area contributed by atoms with Gasteiger partial charge < -0.3 is 84.6 Å². The SMILES string of the molecule is CC(/C=C/C=C(\C)C(=O)O[C@@H]1O[C@H](CO[C@@H]2O[C@H](CO)[C@@H](O)[C@H](O)[C@H]2O)C(O)[C@H](O)C1O)=C\C=C\C=C(C)\C=C\C=C(/C)C(=O)O[C@@H]1O[C@H](CO)[C@@H](O)[C@H](O)[C@H]1O. The maximum atomic E-state index is 12.7. The van der Waals surface area contributed by atoms with Gasteiger partial charge >= 0.3 is 11.9 Å². The van der Waals surface area contributed by atoms with Crippen LogP contribution in [0.4, 0.5) is 0 Å². The smallest absolute Gasteiger partial charge is 0.336 e. The number of esters is 2. The zero-order valence-electron chi connectivity index (χ0n) is 31.7. The molecule has 3 heterocycles. The van der Waals surface area contributed by atoms with E-state index in [0.29, 0.717) is 0 Å². The van der Waals surface area contributed by atoms with Crippen molar-refractivity contribution < 1.29 is 94.2 Å². The number of carbonyl (C=O) groups excluding carboxylic acids is 2. The summed E-state index contributed by atoms with van der Waals surface area (Å²) in [5, 5.41) is 110. The Morgan fingerprint density at radius 1 is 0.474 bits per heavy atom. The van der Waals surface area contributed by atoms with Crippen molar-refractivity contribution in [2.75, 3.05) is 19.8 Å². The molecule has 0 aliphatic carbocycles. The van der Waals surface area contributed by atoms with E-state index >= 15 is 0 Å². The molecule has 2 unspecified atom stereocenters. The molecular weight excluding hydrogens is 760 g/mol. The largest absolute Gasteiger partial charge is 0.429 e. The second kappa shape index (κ2) is 22.6. The van der Waals surface area contributed by atoms with E-state index in [0.717, 1.165) is 11.1 Å². The monoisotopic (exact) mass is 814 g/mol. The first-order valence-corrected chi connectivity index (χ1v) is 18.0. The van der Waals surface area contributed by atoms with Crippen LogP contribution in [-0.2, 0) is 38.0 Å². The molecule has 57 heavy (non-hydrogen) atoms. The maximum absolute atomic E-state index is 12.7. The molecule has 0 radical (unpaired) electrons. The lowest BCUT2D eigenvalue weighted by molar-refractivity contribution is -0.326. The van der Waals surface area contributed by atoms with Gasteiger partial charge in [-0.2, -0.15) is 0 Å². The molecule has 0 bridgehead atoms. The first kappa shape index (κ1) is 47.9. The summed E-state index contributed by atoms with van der Waals surface area (Å²) < 4.78 is 31.6. The van der Waals surface area contributed by atoms with Crippen LogP contribution in [0.5, 0.6) is 0 Å². The zero-order chi connectivity index (χ0) is 42.6. The van der Waals surface area contributed by atoms with E-state index in [2.05, 4.69) is 0 Å². The van der Waals surface area contributed by atoms with Crippen LogP contribution in [0.3, 0.4) is 0 Å². The lowest BCUT2D eigenvalue weighted by atomic mass is 9.98. The summed E-state index contributed by atoms with van der Waals surface area (Å²) in [4.78, 5) is 25.2. The zero-order valence-corrected chi connectivity index (χ0v) is 31.7. The van der Waals surface area contributed by atoms with E-state index in [4.69, 9.17) is 28.4 Å². The van der Waals surface area contributed by atoms with Gasteiger partial charge in [-0.25, -0.2) is 9.59 Å². The highest BCUT2D eigenvalue weighted by molar-refractivity contribution is 5.88. The van der Waals surface area contributed by atoms with Crippen molar-refractivity contribution >= 4 is 11.9 Å². The van der Waals surface area contributed by atoms with Crippen molar-refractivity contribution in [3.8, 4) is 0 Å². The predicted octanol–water partition coefficient (Wildman–Crippen LogP) is -3.05. The van der Waals surface area contributed by atoms with Crippen LogP contribution >= 0.6 is 0 Å². The molecule has 19 nitrogen and oxygen atoms in total. The molecule has 320 valence electrons.